The largest absolute Gasteiger partial charge is 0.381 e. The number of aliphatic imine (C=N–C) groups is 1. The van der Waals surface area contributed by atoms with Gasteiger partial charge in [-0.15, -0.1) is 0 Å². The average molecular weight is 415 g/mol. The number of likely N-dealkylation sites (tertiary alicyclic amines) is 1. The summed E-state index contributed by atoms with van der Waals surface area (Å²) in [5, 5.41) is 7.05. The number of nitrogens with zero attached hydrogens (tertiary/aromatic N) is 2. The van der Waals surface area contributed by atoms with Crippen molar-refractivity contribution in [2.24, 2.45) is 4.99 Å². The van der Waals surface area contributed by atoms with Crippen LogP contribution in [0, 0.1) is 0 Å². The minimum atomic E-state index is 0.324. The fraction of sp³-hybridized carbons (Fsp3) is 0.625. The third-order valence-electron chi connectivity index (χ3n) is 5.75. The molecule has 0 aliphatic carbocycles. The van der Waals surface area contributed by atoms with Gasteiger partial charge < -0.3 is 20.1 Å². The lowest BCUT2D eigenvalue weighted by molar-refractivity contribution is -0.0390. The Balaban J connectivity index is 1.41. The SMILES string of the molecule is C=C(C)CN1CCC(NC(=NC)NCc2cccc(COC3CCOCC3)c2)CC1. The van der Waals surface area contributed by atoms with E-state index in [0.717, 1.165) is 71.0 Å². The number of hydrogen-bond donors (Lipinski definition) is 2. The van der Waals surface area contributed by atoms with Gasteiger partial charge in [0.2, 0.25) is 0 Å². The van der Waals surface area contributed by atoms with E-state index >= 15 is 0 Å². The van der Waals surface area contributed by atoms with Crippen molar-refractivity contribution in [1.29, 1.82) is 0 Å². The van der Waals surface area contributed by atoms with E-state index < -0.39 is 0 Å². The smallest absolute Gasteiger partial charge is 0.191 e. The van der Waals surface area contributed by atoms with E-state index in [1.807, 2.05) is 7.05 Å². The van der Waals surface area contributed by atoms with E-state index in [1.165, 1.54) is 16.7 Å². The molecule has 2 fully saturated rings. The van der Waals surface area contributed by atoms with Gasteiger partial charge in [0.1, 0.15) is 0 Å². The predicted octanol–water partition coefficient (Wildman–Crippen LogP) is 3.09. The summed E-state index contributed by atoms with van der Waals surface area (Å²) in [4.78, 5) is 6.89. The van der Waals surface area contributed by atoms with Crippen molar-refractivity contribution in [2.75, 3.05) is 39.9 Å². The molecular weight excluding hydrogens is 376 g/mol. The molecule has 2 heterocycles. The van der Waals surface area contributed by atoms with E-state index in [0.29, 0.717) is 18.8 Å². The molecule has 0 spiro atoms. The first-order chi connectivity index (χ1) is 14.6. The molecule has 0 unspecified atom stereocenters. The van der Waals surface area contributed by atoms with Crippen LogP contribution in [0.15, 0.2) is 41.4 Å². The maximum absolute atomic E-state index is 6.06. The molecule has 1 aromatic rings. The normalized spacial score (nSPS) is 19.6. The minimum Gasteiger partial charge on any atom is -0.381 e. The quantitative estimate of drug-likeness (QED) is 0.389. The highest BCUT2D eigenvalue weighted by molar-refractivity contribution is 5.79. The van der Waals surface area contributed by atoms with Gasteiger partial charge in [0.05, 0.1) is 12.7 Å². The molecule has 2 aliphatic rings. The molecule has 3 rings (SSSR count). The molecule has 166 valence electrons. The Bertz CT molecular complexity index is 692. The van der Waals surface area contributed by atoms with Crippen molar-refractivity contribution in [2.45, 2.75) is 57.9 Å². The van der Waals surface area contributed by atoms with Gasteiger partial charge in [-0.25, -0.2) is 0 Å². The molecule has 0 saturated carbocycles. The second kappa shape index (κ2) is 12.1. The number of nitrogens with one attached hydrogen (secondary N) is 2. The van der Waals surface area contributed by atoms with Crippen LogP contribution in [-0.2, 0) is 22.6 Å². The number of rotatable bonds is 8. The summed E-state index contributed by atoms with van der Waals surface area (Å²) < 4.78 is 11.5. The van der Waals surface area contributed by atoms with Crippen molar-refractivity contribution < 1.29 is 9.47 Å². The van der Waals surface area contributed by atoms with Crippen molar-refractivity contribution >= 4 is 5.96 Å². The van der Waals surface area contributed by atoms with Crippen LogP contribution in [0.3, 0.4) is 0 Å². The molecule has 6 heteroatoms. The van der Waals surface area contributed by atoms with Crippen LogP contribution < -0.4 is 10.6 Å². The Hall–Kier alpha value is -1.89. The maximum atomic E-state index is 6.06. The standard InChI is InChI=1S/C24H38N4O2/c1-19(2)17-28-11-7-22(8-12-28)27-24(25-3)26-16-20-5-4-6-21(15-20)18-30-23-9-13-29-14-10-23/h4-6,15,22-23H,1,7-14,16-18H2,2-3H3,(H2,25,26,27). The molecule has 2 saturated heterocycles. The Morgan fingerprint density at radius 3 is 2.63 bits per heavy atom. The van der Waals surface area contributed by atoms with Crippen LogP contribution in [0.2, 0.25) is 0 Å². The lowest BCUT2D eigenvalue weighted by Gasteiger charge is -2.33. The van der Waals surface area contributed by atoms with Crippen LogP contribution in [0.5, 0.6) is 0 Å². The third kappa shape index (κ3) is 7.74. The van der Waals surface area contributed by atoms with Gasteiger partial charge in [0.15, 0.2) is 5.96 Å². The fourth-order valence-corrected chi connectivity index (χ4v) is 4.08. The van der Waals surface area contributed by atoms with Crippen LogP contribution in [-0.4, -0.2) is 62.9 Å². The Morgan fingerprint density at radius 2 is 1.93 bits per heavy atom. The topological polar surface area (TPSA) is 58.1 Å². The van der Waals surface area contributed by atoms with Gasteiger partial charge in [-0.1, -0.05) is 36.4 Å². The highest BCUT2D eigenvalue weighted by Gasteiger charge is 2.19. The summed E-state index contributed by atoms with van der Waals surface area (Å²) in [6.07, 6.45) is 4.58. The third-order valence-corrected chi connectivity index (χ3v) is 5.75. The highest BCUT2D eigenvalue weighted by Crippen LogP contribution is 2.15. The summed E-state index contributed by atoms with van der Waals surface area (Å²) >= 11 is 0. The van der Waals surface area contributed by atoms with Crippen LogP contribution in [0.1, 0.15) is 43.7 Å². The number of benzene rings is 1. The fourth-order valence-electron chi connectivity index (χ4n) is 4.08. The molecule has 0 bridgehead atoms. The van der Waals surface area contributed by atoms with Gasteiger partial charge in [-0.3, -0.25) is 9.89 Å². The molecule has 6 nitrogen and oxygen atoms in total. The summed E-state index contributed by atoms with van der Waals surface area (Å²) in [5.74, 6) is 0.872. The Kier molecular flexibility index (Phi) is 9.18. The zero-order valence-corrected chi connectivity index (χ0v) is 18.7. The minimum absolute atomic E-state index is 0.324. The first kappa shape index (κ1) is 22.8. The van der Waals surface area contributed by atoms with Gasteiger partial charge in [-0.2, -0.15) is 0 Å². The molecule has 0 amide bonds. The summed E-state index contributed by atoms with van der Waals surface area (Å²) in [5.41, 5.74) is 3.69. The predicted molar refractivity (Wildman–Crippen MR) is 123 cm³/mol. The average Bonchev–Trinajstić information content (AvgIpc) is 2.77. The zero-order valence-electron chi connectivity index (χ0n) is 18.7. The van der Waals surface area contributed by atoms with Crippen LogP contribution in [0.4, 0.5) is 0 Å². The van der Waals surface area contributed by atoms with Crippen LogP contribution >= 0.6 is 0 Å². The molecule has 0 radical (unpaired) electrons. The van der Waals surface area contributed by atoms with Gasteiger partial charge >= 0.3 is 0 Å². The van der Waals surface area contributed by atoms with Gasteiger partial charge in [0, 0.05) is 52.5 Å². The van der Waals surface area contributed by atoms with Crippen LogP contribution in [0.25, 0.3) is 0 Å². The van der Waals surface area contributed by atoms with Gasteiger partial charge in [0.25, 0.3) is 0 Å². The summed E-state index contributed by atoms with van der Waals surface area (Å²) in [6, 6.07) is 9.07. The number of piperidine rings is 1. The molecule has 2 aliphatic heterocycles. The molecule has 0 atom stereocenters. The monoisotopic (exact) mass is 414 g/mol. The summed E-state index contributed by atoms with van der Waals surface area (Å²) in [7, 11) is 1.84. The van der Waals surface area contributed by atoms with E-state index in [2.05, 4.69) is 58.3 Å². The van der Waals surface area contributed by atoms with Crippen molar-refractivity contribution in [3.63, 3.8) is 0 Å². The van der Waals surface area contributed by atoms with E-state index in [-0.39, 0.29) is 0 Å². The molecular formula is C24H38N4O2. The van der Waals surface area contributed by atoms with Crippen molar-refractivity contribution in [3.8, 4) is 0 Å². The highest BCUT2D eigenvalue weighted by atomic mass is 16.5. The Morgan fingerprint density at radius 1 is 1.20 bits per heavy atom. The summed E-state index contributed by atoms with van der Waals surface area (Å²) in [6.45, 7) is 12.4. The number of ether oxygens (including phenoxy) is 2. The van der Waals surface area contributed by atoms with Crippen molar-refractivity contribution in [3.05, 3.63) is 47.5 Å². The number of guanidine groups is 1. The second-order valence-corrected chi connectivity index (χ2v) is 8.52. The number of hydrogen-bond acceptors (Lipinski definition) is 4. The maximum Gasteiger partial charge on any atom is 0.191 e. The molecule has 2 N–H and O–H groups in total. The van der Waals surface area contributed by atoms with E-state index in [1.54, 1.807) is 0 Å². The Labute approximate surface area is 181 Å². The molecule has 1 aromatic carbocycles. The van der Waals surface area contributed by atoms with E-state index in [4.69, 9.17) is 9.47 Å². The zero-order chi connectivity index (χ0) is 21.2. The lowest BCUT2D eigenvalue weighted by Crippen LogP contribution is -2.48. The van der Waals surface area contributed by atoms with E-state index in [9.17, 15) is 0 Å². The first-order valence-electron chi connectivity index (χ1n) is 11.2. The first-order valence-corrected chi connectivity index (χ1v) is 11.2. The van der Waals surface area contributed by atoms with Crippen molar-refractivity contribution in [1.82, 2.24) is 15.5 Å². The molecule has 0 aromatic heterocycles. The second-order valence-electron chi connectivity index (χ2n) is 8.52. The lowest BCUT2D eigenvalue weighted by atomic mass is 10.0. The van der Waals surface area contributed by atoms with Gasteiger partial charge in [-0.05, 0) is 43.7 Å². The molecule has 30 heavy (non-hydrogen) atoms.